The fourth-order valence-electron chi connectivity index (χ4n) is 2.78. The first kappa shape index (κ1) is 18.7. The van der Waals surface area contributed by atoms with Gasteiger partial charge in [0.25, 0.3) is 5.91 Å². The molecular weight excluding hydrogens is 443 g/mol. The molecule has 0 atom stereocenters. The van der Waals surface area contributed by atoms with E-state index in [-0.39, 0.29) is 5.91 Å². The van der Waals surface area contributed by atoms with E-state index in [1.807, 2.05) is 34.9 Å². The maximum Gasteiger partial charge on any atom is 0.291 e. The number of carbonyl (C=O) groups is 1. The minimum atomic E-state index is -0.382. The number of rotatable bonds is 3. The SMILES string of the molecule is C=CCn1c(=NC(=O)c2sc3ccccc3c2Cl)sc2ccc(Cl)c(Cl)c21. The summed E-state index contributed by atoms with van der Waals surface area (Å²) in [6.07, 6.45) is 1.72. The summed E-state index contributed by atoms with van der Waals surface area (Å²) in [7, 11) is 0. The molecule has 8 heteroatoms. The average molecular weight is 454 g/mol. The third-order valence-electron chi connectivity index (χ3n) is 3.97. The molecule has 0 spiro atoms. The van der Waals surface area contributed by atoms with Gasteiger partial charge in [-0.2, -0.15) is 4.99 Å². The number of benzene rings is 2. The van der Waals surface area contributed by atoms with Crippen molar-refractivity contribution in [2.45, 2.75) is 6.54 Å². The van der Waals surface area contributed by atoms with Gasteiger partial charge in [0, 0.05) is 16.6 Å². The molecule has 0 aliphatic heterocycles. The molecule has 0 aliphatic carbocycles. The number of hydrogen-bond acceptors (Lipinski definition) is 3. The number of thiophene rings is 1. The van der Waals surface area contributed by atoms with Crippen LogP contribution in [0, 0.1) is 0 Å². The van der Waals surface area contributed by atoms with Crippen molar-refractivity contribution in [3.63, 3.8) is 0 Å². The lowest BCUT2D eigenvalue weighted by Gasteiger charge is -2.04. The normalized spacial score (nSPS) is 12.2. The Morgan fingerprint density at radius 3 is 2.59 bits per heavy atom. The Morgan fingerprint density at radius 1 is 1.07 bits per heavy atom. The second-order valence-electron chi connectivity index (χ2n) is 5.65. The summed E-state index contributed by atoms with van der Waals surface area (Å²) < 4.78 is 3.67. The van der Waals surface area contributed by atoms with Crippen LogP contribution in [0.2, 0.25) is 15.1 Å². The third kappa shape index (κ3) is 3.24. The van der Waals surface area contributed by atoms with Gasteiger partial charge < -0.3 is 4.57 Å². The van der Waals surface area contributed by atoms with Crippen molar-refractivity contribution in [2.24, 2.45) is 4.99 Å². The number of carbonyl (C=O) groups excluding carboxylic acids is 1. The number of thiazole rings is 1. The quantitative estimate of drug-likeness (QED) is 0.314. The molecular formula is C19H11Cl3N2OS2. The summed E-state index contributed by atoms with van der Waals surface area (Å²) in [5.41, 5.74) is 0.739. The Morgan fingerprint density at radius 2 is 1.85 bits per heavy atom. The van der Waals surface area contributed by atoms with E-state index in [0.29, 0.717) is 31.3 Å². The number of fused-ring (bicyclic) bond motifs is 2. The number of amides is 1. The van der Waals surface area contributed by atoms with Crippen molar-refractivity contribution < 1.29 is 4.79 Å². The van der Waals surface area contributed by atoms with Crippen molar-refractivity contribution in [3.8, 4) is 0 Å². The zero-order valence-electron chi connectivity index (χ0n) is 13.7. The van der Waals surface area contributed by atoms with Gasteiger partial charge in [0.05, 0.1) is 25.3 Å². The fourth-order valence-corrected chi connectivity index (χ4v) is 5.69. The maximum absolute atomic E-state index is 12.9. The van der Waals surface area contributed by atoms with E-state index in [4.69, 9.17) is 34.8 Å². The largest absolute Gasteiger partial charge is 0.311 e. The van der Waals surface area contributed by atoms with Crippen LogP contribution in [0.3, 0.4) is 0 Å². The Hall–Kier alpha value is -1.63. The predicted octanol–water partition coefficient (Wildman–Crippen LogP) is 6.80. The van der Waals surface area contributed by atoms with E-state index >= 15 is 0 Å². The van der Waals surface area contributed by atoms with Crippen LogP contribution in [0.25, 0.3) is 20.3 Å². The van der Waals surface area contributed by atoms with Crippen LogP contribution in [0.4, 0.5) is 0 Å². The van der Waals surface area contributed by atoms with Crippen molar-refractivity contribution in [2.75, 3.05) is 0 Å². The zero-order valence-corrected chi connectivity index (χ0v) is 17.6. The summed E-state index contributed by atoms with van der Waals surface area (Å²) >= 11 is 21.7. The molecule has 4 rings (SSSR count). The summed E-state index contributed by atoms with van der Waals surface area (Å²) in [4.78, 5) is 18.1. The topological polar surface area (TPSA) is 34.4 Å². The van der Waals surface area contributed by atoms with E-state index < -0.39 is 0 Å². The second-order valence-corrected chi connectivity index (χ2v) is 8.87. The summed E-state index contributed by atoms with van der Waals surface area (Å²) in [6, 6.07) is 11.2. The van der Waals surface area contributed by atoms with Gasteiger partial charge >= 0.3 is 0 Å². The second kappa shape index (κ2) is 7.41. The van der Waals surface area contributed by atoms with E-state index in [2.05, 4.69) is 11.6 Å². The fraction of sp³-hybridized carbons (Fsp3) is 0.0526. The van der Waals surface area contributed by atoms with E-state index in [9.17, 15) is 4.79 Å². The van der Waals surface area contributed by atoms with Crippen LogP contribution in [0.5, 0.6) is 0 Å². The molecule has 0 unspecified atom stereocenters. The highest BCUT2D eigenvalue weighted by atomic mass is 35.5. The summed E-state index contributed by atoms with van der Waals surface area (Å²) in [5.74, 6) is -0.382. The monoisotopic (exact) mass is 452 g/mol. The van der Waals surface area contributed by atoms with Gasteiger partial charge in [0.15, 0.2) is 4.80 Å². The van der Waals surface area contributed by atoms with Crippen LogP contribution < -0.4 is 4.80 Å². The molecule has 2 heterocycles. The van der Waals surface area contributed by atoms with E-state index in [1.54, 1.807) is 12.1 Å². The van der Waals surface area contributed by atoms with Crippen molar-refractivity contribution >= 4 is 83.7 Å². The molecule has 0 fully saturated rings. The van der Waals surface area contributed by atoms with Crippen LogP contribution in [0.1, 0.15) is 9.67 Å². The number of hydrogen-bond donors (Lipinski definition) is 0. The molecule has 0 aliphatic rings. The number of aromatic nitrogens is 1. The first-order valence-corrected chi connectivity index (χ1v) is 10.6. The summed E-state index contributed by atoms with van der Waals surface area (Å²) in [6.45, 7) is 4.23. The Balaban J connectivity index is 1.92. The number of halogens is 3. The molecule has 3 nitrogen and oxygen atoms in total. The highest BCUT2D eigenvalue weighted by Gasteiger charge is 2.18. The first-order chi connectivity index (χ1) is 13.0. The molecule has 0 saturated carbocycles. The zero-order chi connectivity index (χ0) is 19.1. The van der Waals surface area contributed by atoms with Gasteiger partial charge in [-0.3, -0.25) is 4.79 Å². The van der Waals surface area contributed by atoms with Crippen molar-refractivity contribution in [1.82, 2.24) is 4.57 Å². The highest BCUT2D eigenvalue weighted by molar-refractivity contribution is 7.21. The van der Waals surface area contributed by atoms with Gasteiger partial charge in [-0.15, -0.1) is 17.9 Å². The lowest BCUT2D eigenvalue weighted by molar-refractivity contribution is 0.100. The number of allylic oxidation sites excluding steroid dienone is 1. The van der Waals surface area contributed by atoms with Gasteiger partial charge in [0.2, 0.25) is 0 Å². The molecule has 2 aromatic carbocycles. The van der Waals surface area contributed by atoms with E-state index in [1.165, 1.54) is 22.7 Å². The molecule has 2 aromatic heterocycles. The molecule has 0 bridgehead atoms. The van der Waals surface area contributed by atoms with Crippen molar-refractivity contribution in [3.05, 3.63) is 73.8 Å². The molecule has 27 heavy (non-hydrogen) atoms. The van der Waals surface area contributed by atoms with Gasteiger partial charge in [0.1, 0.15) is 4.88 Å². The van der Waals surface area contributed by atoms with Gasteiger partial charge in [-0.1, -0.05) is 70.4 Å². The van der Waals surface area contributed by atoms with E-state index in [0.717, 1.165) is 20.3 Å². The van der Waals surface area contributed by atoms with Gasteiger partial charge in [-0.25, -0.2) is 0 Å². The smallest absolute Gasteiger partial charge is 0.291 e. The molecule has 136 valence electrons. The van der Waals surface area contributed by atoms with Crippen LogP contribution in [-0.4, -0.2) is 10.5 Å². The van der Waals surface area contributed by atoms with Gasteiger partial charge in [-0.05, 0) is 18.2 Å². The molecule has 0 N–H and O–H groups in total. The van der Waals surface area contributed by atoms with Crippen LogP contribution >= 0.6 is 57.5 Å². The van der Waals surface area contributed by atoms with Crippen LogP contribution in [-0.2, 0) is 6.54 Å². The van der Waals surface area contributed by atoms with Crippen molar-refractivity contribution in [1.29, 1.82) is 0 Å². The Kier molecular flexibility index (Phi) is 5.14. The molecule has 0 radical (unpaired) electrons. The lowest BCUT2D eigenvalue weighted by atomic mass is 10.2. The minimum Gasteiger partial charge on any atom is -0.311 e. The predicted molar refractivity (Wildman–Crippen MR) is 117 cm³/mol. The Bertz CT molecular complexity index is 1280. The maximum atomic E-state index is 12.9. The molecule has 4 aromatic rings. The Labute approximate surface area is 177 Å². The molecule has 0 saturated heterocycles. The van der Waals surface area contributed by atoms with Crippen LogP contribution in [0.15, 0.2) is 54.0 Å². The minimum absolute atomic E-state index is 0.382. The summed E-state index contributed by atoms with van der Waals surface area (Å²) in [5, 5.41) is 2.17. The first-order valence-electron chi connectivity index (χ1n) is 7.85. The number of nitrogens with zero attached hydrogens (tertiary/aromatic N) is 2. The third-order valence-corrected chi connectivity index (χ3v) is 7.47. The lowest BCUT2D eigenvalue weighted by Crippen LogP contribution is -2.16. The molecule has 1 amide bonds. The standard InChI is InChI=1S/C19H11Cl3N2OS2/c1-2-9-24-16-13(8-7-11(20)15(16)22)27-19(24)23-18(25)17-14(21)10-5-3-4-6-12(10)26-17/h2-8H,1,9H2. The average Bonchev–Trinajstić information content (AvgIpc) is 3.18. The highest BCUT2D eigenvalue weighted by Crippen LogP contribution is 2.36.